The van der Waals surface area contributed by atoms with Crippen LogP contribution in [-0.4, -0.2) is 23.8 Å². The molecule has 106 valence electrons. The highest BCUT2D eigenvalue weighted by atomic mass is 16.6. The van der Waals surface area contributed by atoms with E-state index in [0.29, 0.717) is 5.92 Å². The summed E-state index contributed by atoms with van der Waals surface area (Å²) in [5, 5.41) is 2.85. The zero-order valence-electron chi connectivity index (χ0n) is 12.2. The van der Waals surface area contributed by atoms with Gasteiger partial charge in [0.25, 0.3) is 0 Å². The van der Waals surface area contributed by atoms with Crippen molar-refractivity contribution in [3.63, 3.8) is 0 Å². The number of carbonyl (C=O) groups is 1. The van der Waals surface area contributed by atoms with Crippen molar-refractivity contribution < 1.29 is 9.53 Å². The number of nitrogens with two attached hydrogens (primary N) is 1. The van der Waals surface area contributed by atoms with Crippen LogP contribution in [0.15, 0.2) is 0 Å². The third-order valence-corrected chi connectivity index (χ3v) is 3.52. The van der Waals surface area contributed by atoms with Crippen molar-refractivity contribution in [1.82, 2.24) is 5.32 Å². The Labute approximate surface area is 111 Å². The molecular weight excluding hydrogens is 228 g/mol. The largest absolute Gasteiger partial charge is 0.444 e. The van der Waals surface area contributed by atoms with Gasteiger partial charge in [-0.05, 0) is 46.5 Å². The smallest absolute Gasteiger partial charge is 0.407 e. The highest BCUT2D eigenvalue weighted by Gasteiger charge is 2.27. The van der Waals surface area contributed by atoms with Gasteiger partial charge in [-0.2, -0.15) is 0 Å². The third kappa shape index (κ3) is 5.25. The van der Waals surface area contributed by atoms with Crippen molar-refractivity contribution in [2.24, 2.45) is 11.7 Å². The molecule has 1 fully saturated rings. The number of amides is 1. The summed E-state index contributed by atoms with van der Waals surface area (Å²) in [6.45, 7) is 7.54. The molecule has 3 N–H and O–H groups in total. The van der Waals surface area contributed by atoms with Crippen molar-refractivity contribution in [2.45, 2.75) is 77.5 Å². The molecule has 0 aliphatic heterocycles. The summed E-state index contributed by atoms with van der Waals surface area (Å²) in [6, 6.07) is -0.0132. The number of carbonyl (C=O) groups excluding carboxylic acids is 1. The molecule has 1 saturated carbocycles. The second kappa shape index (κ2) is 6.41. The monoisotopic (exact) mass is 256 g/mol. The lowest BCUT2D eigenvalue weighted by molar-refractivity contribution is 0.0492. The number of rotatable bonds is 3. The van der Waals surface area contributed by atoms with Crippen molar-refractivity contribution in [3.05, 3.63) is 0 Å². The minimum atomic E-state index is -0.460. The molecular formula is C14H28N2O2. The van der Waals surface area contributed by atoms with Crippen LogP contribution in [0.2, 0.25) is 0 Å². The first kappa shape index (κ1) is 15.3. The Morgan fingerprint density at radius 3 is 2.33 bits per heavy atom. The van der Waals surface area contributed by atoms with Crippen LogP contribution >= 0.6 is 0 Å². The number of alkyl carbamates (subject to hydrolysis) is 1. The van der Waals surface area contributed by atoms with Crippen LogP contribution in [0.25, 0.3) is 0 Å². The van der Waals surface area contributed by atoms with Gasteiger partial charge in [0.2, 0.25) is 0 Å². The Morgan fingerprint density at radius 2 is 1.83 bits per heavy atom. The number of ether oxygens (including phenoxy) is 1. The van der Waals surface area contributed by atoms with Gasteiger partial charge in [-0.15, -0.1) is 0 Å². The molecule has 0 aromatic carbocycles. The van der Waals surface area contributed by atoms with Gasteiger partial charge in [-0.1, -0.05) is 19.3 Å². The minimum Gasteiger partial charge on any atom is -0.444 e. The number of hydrogen-bond acceptors (Lipinski definition) is 3. The maximum absolute atomic E-state index is 11.7. The summed E-state index contributed by atoms with van der Waals surface area (Å²) in [5.74, 6) is 0.531. The fourth-order valence-corrected chi connectivity index (χ4v) is 2.52. The van der Waals surface area contributed by atoms with E-state index in [0.717, 1.165) is 0 Å². The molecule has 0 aromatic heterocycles. The molecule has 0 bridgehead atoms. The molecule has 4 heteroatoms. The van der Waals surface area contributed by atoms with Gasteiger partial charge in [0.1, 0.15) is 5.60 Å². The molecule has 0 spiro atoms. The Bertz CT molecular complexity index is 267. The first-order chi connectivity index (χ1) is 8.29. The topological polar surface area (TPSA) is 64.3 Å². The maximum Gasteiger partial charge on any atom is 0.407 e. The SMILES string of the molecule is C[C@H](NC(=O)OC(C)(C)C)[C@@H](N)C1CCCCC1. The van der Waals surface area contributed by atoms with Gasteiger partial charge in [-0.3, -0.25) is 0 Å². The van der Waals surface area contributed by atoms with Crippen molar-refractivity contribution in [2.75, 3.05) is 0 Å². The predicted molar refractivity (Wildman–Crippen MR) is 73.4 cm³/mol. The lowest BCUT2D eigenvalue weighted by Gasteiger charge is -2.32. The van der Waals surface area contributed by atoms with Gasteiger partial charge in [0.15, 0.2) is 0 Å². The van der Waals surface area contributed by atoms with E-state index in [2.05, 4.69) is 5.32 Å². The van der Waals surface area contributed by atoms with Gasteiger partial charge in [-0.25, -0.2) is 4.79 Å². The van der Waals surface area contributed by atoms with Gasteiger partial charge >= 0.3 is 6.09 Å². The van der Waals surface area contributed by atoms with Crippen LogP contribution < -0.4 is 11.1 Å². The van der Waals surface area contributed by atoms with E-state index in [1.165, 1.54) is 32.1 Å². The first-order valence-corrected chi connectivity index (χ1v) is 7.04. The quantitative estimate of drug-likeness (QED) is 0.816. The predicted octanol–water partition coefficient (Wildman–Crippen LogP) is 2.81. The third-order valence-electron chi connectivity index (χ3n) is 3.52. The van der Waals surface area contributed by atoms with Crippen molar-refractivity contribution in [3.8, 4) is 0 Å². The Kier molecular flexibility index (Phi) is 5.45. The van der Waals surface area contributed by atoms with Crippen LogP contribution in [0.4, 0.5) is 4.79 Å². The second-order valence-corrected chi connectivity index (χ2v) is 6.41. The molecule has 0 unspecified atom stereocenters. The normalized spacial score (nSPS) is 21.2. The molecule has 0 radical (unpaired) electrons. The summed E-state index contributed by atoms with van der Waals surface area (Å²) >= 11 is 0. The summed E-state index contributed by atoms with van der Waals surface area (Å²) < 4.78 is 5.24. The Hall–Kier alpha value is -0.770. The maximum atomic E-state index is 11.7. The van der Waals surface area contributed by atoms with Crippen molar-refractivity contribution >= 4 is 6.09 Å². The molecule has 1 aliphatic rings. The first-order valence-electron chi connectivity index (χ1n) is 7.04. The highest BCUT2D eigenvalue weighted by molar-refractivity contribution is 5.68. The minimum absolute atomic E-state index is 0.0258. The van der Waals surface area contributed by atoms with E-state index < -0.39 is 5.60 Å². The molecule has 18 heavy (non-hydrogen) atoms. The molecule has 0 aromatic rings. The van der Waals surface area contributed by atoms with Crippen LogP contribution in [0, 0.1) is 5.92 Å². The van der Waals surface area contributed by atoms with Crippen LogP contribution in [0.5, 0.6) is 0 Å². The summed E-state index contributed by atoms with van der Waals surface area (Å²) in [4.78, 5) is 11.7. The van der Waals surface area contributed by atoms with E-state index >= 15 is 0 Å². The van der Waals surface area contributed by atoms with Crippen molar-refractivity contribution in [1.29, 1.82) is 0 Å². The van der Waals surface area contributed by atoms with E-state index in [-0.39, 0.29) is 18.2 Å². The zero-order valence-corrected chi connectivity index (χ0v) is 12.2. The molecule has 2 atom stereocenters. The summed E-state index contributed by atoms with van der Waals surface area (Å²) in [5.41, 5.74) is 5.77. The van der Waals surface area contributed by atoms with E-state index in [1.54, 1.807) is 0 Å². The second-order valence-electron chi connectivity index (χ2n) is 6.41. The highest BCUT2D eigenvalue weighted by Crippen LogP contribution is 2.26. The molecule has 1 rings (SSSR count). The molecule has 0 heterocycles. The Morgan fingerprint density at radius 1 is 1.28 bits per heavy atom. The lowest BCUT2D eigenvalue weighted by Crippen LogP contribution is -2.50. The summed E-state index contributed by atoms with van der Waals surface area (Å²) in [6.07, 6.45) is 5.83. The lowest BCUT2D eigenvalue weighted by atomic mass is 9.82. The van der Waals surface area contributed by atoms with Crippen LogP contribution in [0.1, 0.15) is 59.8 Å². The van der Waals surface area contributed by atoms with Gasteiger partial charge < -0.3 is 15.8 Å². The van der Waals surface area contributed by atoms with Gasteiger partial charge in [0, 0.05) is 12.1 Å². The number of nitrogens with one attached hydrogen (secondary N) is 1. The van der Waals surface area contributed by atoms with E-state index in [1.807, 2.05) is 27.7 Å². The average Bonchev–Trinajstić information content (AvgIpc) is 2.26. The van der Waals surface area contributed by atoms with E-state index in [4.69, 9.17) is 10.5 Å². The van der Waals surface area contributed by atoms with Gasteiger partial charge in [0.05, 0.1) is 0 Å². The summed E-state index contributed by atoms with van der Waals surface area (Å²) in [7, 11) is 0. The molecule has 1 amide bonds. The fourth-order valence-electron chi connectivity index (χ4n) is 2.52. The Balaban J connectivity index is 2.38. The number of hydrogen-bond donors (Lipinski definition) is 2. The molecule has 4 nitrogen and oxygen atoms in total. The average molecular weight is 256 g/mol. The van der Waals surface area contributed by atoms with E-state index in [9.17, 15) is 4.79 Å². The van der Waals surface area contributed by atoms with Crippen LogP contribution in [0.3, 0.4) is 0 Å². The zero-order chi connectivity index (χ0) is 13.8. The fraction of sp³-hybridized carbons (Fsp3) is 0.929. The van der Waals surface area contributed by atoms with Crippen LogP contribution in [-0.2, 0) is 4.74 Å². The molecule has 0 saturated heterocycles. The standard InChI is InChI=1S/C14H28N2O2/c1-10(16-13(17)18-14(2,3)4)12(15)11-8-6-5-7-9-11/h10-12H,5-9,15H2,1-4H3,(H,16,17)/t10-,12+/m0/s1. The molecule has 1 aliphatic carbocycles.